The highest BCUT2D eigenvalue weighted by molar-refractivity contribution is 6.07. The third-order valence-corrected chi connectivity index (χ3v) is 8.68. The van der Waals surface area contributed by atoms with E-state index >= 15 is 0 Å². The maximum Gasteiger partial charge on any atom is 0.490 e. The van der Waals surface area contributed by atoms with Crippen molar-refractivity contribution in [3.63, 3.8) is 0 Å². The molecular weight excluding hydrogens is 669 g/mol. The summed E-state index contributed by atoms with van der Waals surface area (Å²) >= 11 is 0. The van der Waals surface area contributed by atoms with Crippen molar-refractivity contribution in [2.24, 2.45) is 0 Å². The Labute approximate surface area is 290 Å². The zero-order valence-corrected chi connectivity index (χ0v) is 27.6. The van der Waals surface area contributed by atoms with Crippen molar-refractivity contribution in [1.29, 1.82) is 0 Å². The van der Waals surface area contributed by atoms with Gasteiger partial charge in [-0.05, 0) is 48.4 Å². The van der Waals surface area contributed by atoms with E-state index in [0.717, 1.165) is 38.8 Å². The first-order valence-electron chi connectivity index (χ1n) is 16.0. The molecule has 0 aliphatic carbocycles. The number of fused-ring (bicyclic) bond motifs is 2. The molecule has 14 heteroatoms. The van der Waals surface area contributed by atoms with Crippen LogP contribution in [0, 0.1) is 13.8 Å². The average Bonchev–Trinajstić information content (AvgIpc) is 3.56. The summed E-state index contributed by atoms with van der Waals surface area (Å²) in [5.41, 5.74) is 5.16. The van der Waals surface area contributed by atoms with Crippen LogP contribution in [-0.4, -0.2) is 88.1 Å². The maximum absolute atomic E-state index is 13.9. The van der Waals surface area contributed by atoms with E-state index in [1.807, 2.05) is 90.0 Å². The molecule has 11 nitrogen and oxygen atoms in total. The van der Waals surface area contributed by atoms with E-state index < -0.39 is 18.1 Å². The summed E-state index contributed by atoms with van der Waals surface area (Å²) in [6, 6.07) is 23.4. The topological polar surface area (TPSA) is 134 Å². The van der Waals surface area contributed by atoms with Crippen LogP contribution in [0.4, 0.5) is 18.9 Å². The van der Waals surface area contributed by atoms with Crippen LogP contribution in [0.1, 0.15) is 32.0 Å². The van der Waals surface area contributed by atoms with Gasteiger partial charge in [0.05, 0.1) is 11.3 Å². The Hall–Kier alpha value is -6.05. The molecule has 264 valence electrons. The smallest absolute Gasteiger partial charge is 0.486 e. The number of aliphatic carboxylic acids is 1. The van der Waals surface area contributed by atoms with Gasteiger partial charge in [0.15, 0.2) is 11.5 Å². The van der Waals surface area contributed by atoms with Gasteiger partial charge in [0.25, 0.3) is 5.91 Å². The Morgan fingerprint density at radius 3 is 2.12 bits per heavy atom. The number of carbonyl (C=O) groups excluding carboxylic acids is 1. The first kappa shape index (κ1) is 34.8. The predicted octanol–water partition coefficient (Wildman–Crippen LogP) is 6.37. The molecular formula is C37H33F3N4O7. The largest absolute Gasteiger partial charge is 0.490 e. The van der Waals surface area contributed by atoms with Crippen LogP contribution in [0.2, 0.25) is 0 Å². The number of aromatic carboxylic acids is 1. The van der Waals surface area contributed by atoms with Gasteiger partial charge < -0.3 is 29.5 Å². The molecule has 1 saturated heterocycles. The van der Waals surface area contributed by atoms with Gasteiger partial charge in [0.2, 0.25) is 0 Å². The standard InChI is InChI=1S/C35H32N4O5.C2HF3O2/c1-22-7-9-24(10-8-22)33-36-28(21-39(33)26-11-12-30-31(20-26)44-18-17-43-30)34(40)38-15-13-37(14-16-38)29-19-25-5-3-4-6-27(25)32(23(29)2)35(41)42;3-2(4,5)1(6)7/h3-12,19-21H,13-18H2,1-2H3,(H,41,42);(H,6,7). The number of hydrogen-bond donors (Lipinski definition) is 2. The summed E-state index contributed by atoms with van der Waals surface area (Å²) in [5.74, 6) is -1.81. The molecule has 1 fully saturated rings. The van der Waals surface area contributed by atoms with Gasteiger partial charge in [-0.3, -0.25) is 9.36 Å². The molecule has 0 saturated carbocycles. The molecule has 2 aliphatic heterocycles. The van der Waals surface area contributed by atoms with E-state index in [9.17, 15) is 27.9 Å². The zero-order valence-electron chi connectivity index (χ0n) is 27.6. The molecule has 7 rings (SSSR count). The van der Waals surface area contributed by atoms with Crippen LogP contribution in [-0.2, 0) is 4.79 Å². The lowest BCUT2D eigenvalue weighted by molar-refractivity contribution is -0.192. The quantitative estimate of drug-likeness (QED) is 0.214. The summed E-state index contributed by atoms with van der Waals surface area (Å²) in [6.07, 6.45) is -3.29. The lowest BCUT2D eigenvalue weighted by Gasteiger charge is -2.37. The van der Waals surface area contributed by atoms with Crippen molar-refractivity contribution in [2.45, 2.75) is 20.0 Å². The molecule has 1 amide bonds. The van der Waals surface area contributed by atoms with Gasteiger partial charge in [0.1, 0.15) is 24.7 Å². The molecule has 0 atom stereocenters. The molecule has 3 heterocycles. The van der Waals surface area contributed by atoms with Crippen molar-refractivity contribution in [1.82, 2.24) is 14.5 Å². The van der Waals surface area contributed by atoms with Gasteiger partial charge in [-0.2, -0.15) is 13.2 Å². The number of halogens is 3. The first-order chi connectivity index (χ1) is 24.3. The Morgan fingerprint density at radius 2 is 1.47 bits per heavy atom. The van der Waals surface area contributed by atoms with E-state index in [-0.39, 0.29) is 5.91 Å². The second kappa shape index (κ2) is 14.1. The van der Waals surface area contributed by atoms with Crippen molar-refractivity contribution in [3.05, 3.63) is 101 Å². The summed E-state index contributed by atoms with van der Waals surface area (Å²) in [5, 5.41) is 18.7. The number of aromatic nitrogens is 2. The minimum absolute atomic E-state index is 0.143. The minimum atomic E-state index is -5.08. The minimum Gasteiger partial charge on any atom is -0.486 e. The summed E-state index contributed by atoms with van der Waals surface area (Å²) in [6.45, 7) is 7.04. The molecule has 4 aromatic carbocycles. The lowest BCUT2D eigenvalue weighted by atomic mass is 9.97. The van der Waals surface area contributed by atoms with E-state index in [1.165, 1.54) is 0 Å². The number of carboxylic acid groups (broad SMARTS) is 2. The normalized spacial score (nSPS) is 14.1. The lowest BCUT2D eigenvalue weighted by Crippen LogP contribution is -2.49. The molecule has 2 N–H and O–H groups in total. The molecule has 0 radical (unpaired) electrons. The number of hydrogen-bond acceptors (Lipinski definition) is 7. The van der Waals surface area contributed by atoms with E-state index in [2.05, 4.69) is 11.0 Å². The van der Waals surface area contributed by atoms with Crippen LogP contribution < -0.4 is 14.4 Å². The van der Waals surface area contributed by atoms with Crippen molar-refractivity contribution < 1.29 is 47.2 Å². The van der Waals surface area contributed by atoms with E-state index in [4.69, 9.17) is 24.4 Å². The number of nitrogens with zero attached hydrogens (tertiary/aromatic N) is 4. The summed E-state index contributed by atoms with van der Waals surface area (Å²) in [4.78, 5) is 43.8. The number of amides is 1. The fraction of sp³-hybridized carbons (Fsp3) is 0.243. The number of imidazole rings is 1. The van der Waals surface area contributed by atoms with Crippen LogP contribution in [0.5, 0.6) is 11.5 Å². The average molecular weight is 703 g/mol. The third kappa shape index (κ3) is 7.30. The fourth-order valence-electron chi connectivity index (χ4n) is 6.12. The molecule has 51 heavy (non-hydrogen) atoms. The predicted molar refractivity (Wildman–Crippen MR) is 182 cm³/mol. The number of benzene rings is 4. The molecule has 0 spiro atoms. The first-order valence-corrected chi connectivity index (χ1v) is 16.0. The van der Waals surface area contributed by atoms with E-state index in [0.29, 0.717) is 68.0 Å². The van der Waals surface area contributed by atoms with Crippen LogP contribution in [0.3, 0.4) is 0 Å². The summed E-state index contributed by atoms with van der Waals surface area (Å²) in [7, 11) is 0. The maximum atomic E-state index is 13.9. The second-order valence-corrected chi connectivity index (χ2v) is 12.0. The number of alkyl halides is 3. The molecule has 1 aromatic heterocycles. The van der Waals surface area contributed by atoms with Gasteiger partial charge in [-0.15, -0.1) is 0 Å². The van der Waals surface area contributed by atoms with Crippen LogP contribution in [0.25, 0.3) is 27.8 Å². The highest BCUT2D eigenvalue weighted by Gasteiger charge is 2.38. The van der Waals surface area contributed by atoms with Crippen molar-refractivity contribution in [3.8, 4) is 28.6 Å². The SMILES string of the molecule is Cc1ccc(-c2nc(C(=O)N3CCN(c4cc5ccccc5c(C(=O)O)c4C)CC3)cn2-c2ccc3c(c2)OCCO3)cc1.O=C(O)C(F)(F)F. The fourth-order valence-corrected chi connectivity index (χ4v) is 6.12. The number of carbonyl (C=O) groups is 3. The number of ether oxygens (including phenoxy) is 2. The van der Waals surface area contributed by atoms with Crippen LogP contribution in [0.15, 0.2) is 79.0 Å². The third-order valence-electron chi connectivity index (χ3n) is 8.68. The number of carboxylic acids is 2. The van der Waals surface area contributed by atoms with Crippen LogP contribution >= 0.6 is 0 Å². The Bertz CT molecular complexity index is 2120. The Balaban J connectivity index is 0.000000582. The van der Waals surface area contributed by atoms with Gasteiger partial charge in [-0.25, -0.2) is 14.6 Å². The number of anilines is 1. The molecule has 5 aromatic rings. The second-order valence-electron chi connectivity index (χ2n) is 12.0. The molecule has 0 bridgehead atoms. The Morgan fingerprint density at radius 1 is 0.824 bits per heavy atom. The molecule has 2 aliphatic rings. The number of aryl methyl sites for hydroxylation is 1. The number of rotatable bonds is 5. The highest BCUT2D eigenvalue weighted by Crippen LogP contribution is 2.35. The Kier molecular flexibility index (Phi) is 9.59. The van der Waals surface area contributed by atoms with Crippen molar-refractivity contribution >= 4 is 34.3 Å². The highest BCUT2D eigenvalue weighted by atomic mass is 19.4. The number of piperazine rings is 1. The van der Waals surface area contributed by atoms with Crippen molar-refractivity contribution in [2.75, 3.05) is 44.3 Å². The van der Waals surface area contributed by atoms with Gasteiger partial charge in [-0.1, -0.05) is 54.1 Å². The van der Waals surface area contributed by atoms with Gasteiger partial charge in [0, 0.05) is 49.7 Å². The zero-order chi connectivity index (χ0) is 36.4. The monoisotopic (exact) mass is 702 g/mol. The van der Waals surface area contributed by atoms with Gasteiger partial charge >= 0.3 is 18.1 Å². The summed E-state index contributed by atoms with van der Waals surface area (Å²) < 4.78 is 45.2. The van der Waals surface area contributed by atoms with E-state index in [1.54, 1.807) is 6.20 Å². The molecule has 0 unspecified atom stereocenters.